The lowest BCUT2D eigenvalue weighted by atomic mass is 10.1. The van der Waals surface area contributed by atoms with Gasteiger partial charge in [-0.25, -0.2) is 4.79 Å². The van der Waals surface area contributed by atoms with Crippen LogP contribution in [0.1, 0.15) is 34.7 Å². The van der Waals surface area contributed by atoms with Gasteiger partial charge in [0.1, 0.15) is 0 Å². The number of nitrogens with zero attached hydrogens (tertiary/aromatic N) is 1. The predicted molar refractivity (Wildman–Crippen MR) is 138 cm³/mol. The summed E-state index contributed by atoms with van der Waals surface area (Å²) < 4.78 is 0. The van der Waals surface area contributed by atoms with Crippen LogP contribution in [-0.2, 0) is 25.9 Å². The minimum Gasteiger partial charge on any atom is -0.334 e. The molecule has 0 spiro atoms. The maximum absolute atomic E-state index is 13.2. The number of aryl methyl sites for hydroxylation is 2. The van der Waals surface area contributed by atoms with Crippen molar-refractivity contribution in [3.63, 3.8) is 0 Å². The van der Waals surface area contributed by atoms with Crippen molar-refractivity contribution in [3.8, 4) is 0 Å². The van der Waals surface area contributed by atoms with E-state index in [-0.39, 0.29) is 18.1 Å². The Morgan fingerprint density at radius 2 is 1.71 bits per heavy atom. The molecule has 4 rings (SSSR count). The lowest BCUT2D eigenvalue weighted by molar-refractivity contribution is 0.195. The molecule has 174 valence electrons. The smallest absolute Gasteiger partial charge is 0.317 e. The van der Waals surface area contributed by atoms with E-state index >= 15 is 0 Å². The highest BCUT2D eigenvalue weighted by Crippen LogP contribution is 2.16. The van der Waals surface area contributed by atoms with Crippen LogP contribution in [-0.4, -0.2) is 22.5 Å². The number of hydrogen-bond acceptors (Lipinski definition) is 2. The molecule has 0 radical (unpaired) electrons. The van der Waals surface area contributed by atoms with Crippen molar-refractivity contribution >= 4 is 16.9 Å². The normalized spacial score (nSPS) is 10.9. The monoisotopic (exact) mass is 453 g/mol. The summed E-state index contributed by atoms with van der Waals surface area (Å²) >= 11 is 0. The molecular formula is C29H31N3O2. The third kappa shape index (κ3) is 5.93. The van der Waals surface area contributed by atoms with Crippen LogP contribution in [0.4, 0.5) is 4.79 Å². The Hall–Kier alpha value is -3.86. The summed E-state index contributed by atoms with van der Waals surface area (Å²) in [4.78, 5) is 30.7. The minimum absolute atomic E-state index is 0.159. The molecule has 4 aromatic rings. The third-order valence-electron chi connectivity index (χ3n) is 6.08. The Kier molecular flexibility index (Phi) is 7.43. The number of aromatic amines is 1. The molecule has 0 saturated carbocycles. The quantitative estimate of drug-likeness (QED) is 0.378. The van der Waals surface area contributed by atoms with Gasteiger partial charge in [-0.15, -0.1) is 0 Å². The highest BCUT2D eigenvalue weighted by molar-refractivity contribution is 5.80. The number of amides is 2. The van der Waals surface area contributed by atoms with Gasteiger partial charge in [-0.2, -0.15) is 0 Å². The summed E-state index contributed by atoms with van der Waals surface area (Å²) in [5.41, 5.74) is 5.84. The van der Waals surface area contributed by atoms with Crippen LogP contribution in [0.3, 0.4) is 0 Å². The van der Waals surface area contributed by atoms with Gasteiger partial charge >= 0.3 is 6.03 Å². The van der Waals surface area contributed by atoms with Gasteiger partial charge in [0, 0.05) is 24.2 Å². The number of hydrogen-bond donors (Lipinski definition) is 2. The van der Waals surface area contributed by atoms with E-state index in [0.717, 1.165) is 22.9 Å². The van der Waals surface area contributed by atoms with Crippen LogP contribution in [0.15, 0.2) is 83.7 Å². The fourth-order valence-electron chi connectivity index (χ4n) is 4.11. The van der Waals surface area contributed by atoms with Gasteiger partial charge < -0.3 is 15.2 Å². The van der Waals surface area contributed by atoms with E-state index in [9.17, 15) is 9.59 Å². The fourth-order valence-corrected chi connectivity index (χ4v) is 4.11. The van der Waals surface area contributed by atoms with Crippen molar-refractivity contribution < 1.29 is 4.79 Å². The first kappa shape index (κ1) is 23.3. The summed E-state index contributed by atoms with van der Waals surface area (Å²) in [7, 11) is 0. The number of urea groups is 1. The lowest BCUT2D eigenvalue weighted by Crippen LogP contribution is -2.41. The Bertz CT molecular complexity index is 1330. The second-order valence-electron chi connectivity index (χ2n) is 8.70. The van der Waals surface area contributed by atoms with E-state index in [0.29, 0.717) is 25.1 Å². The second kappa shape index (κ2) is 10.8. The summed E-state index contributed by atoms with van der Waals surface area (Å²) in [5.74, 6) is 0. The molecule has 0 unspecified atom stereocenters. The van der Waals surface area contributed by atoms with Crippen molar-refractivity contribution in [2.24, 2.45) is 0 Å². The van der Waals surface area contributed by atoms with Crippen LogP contribution in [0, 0.1) is 6.92 Å². The first-order valence-electron chi connectivity index (χ1n) is 11.8. The molecule has 0 saturated heterocycles. The average molecular weight is 454 g/mol. The molecule has 0 bridgehead atoms. The second-order valence-corrected chi connectivity index (χ2v) is 8.70. The van der Waals surface area contributed by atoms with Gasteiger partial charge in [-0.1, -0.05) is 73.2 Å². The largest absolute Gasteiger partial charge is 0.334 e. The molecule has 2 N–H and O–H groups in total. The van der Waals surface area contributed by atoms with Crippen LogP contribution in [0.25, 0.3) is 10.9 Å². The van der Waals surface area contributed by atoms with Crippen LogP contribution < -0.4 is 10.9 Å². The summed E-state index contributed by atoms with van der Waals surface area (Å²) in [6.07, 6.45) is 1.64. The van der Waals surface area contributed by atoms with E-state index in [1.54, 1.807) is 4.90 Å². The number of carbonyl (C=O) groups excluding carboxylic acids is 1. The number of carbonyl (C=O) groups is 1. The Labute approximate surface area is 200 Å². The van der Waals surface area contributed by atoms with E-state index in [1.165, 1.54) is 16.7 Å². The Balaban J connectivity index is 1.56. The number of benzene rings is 3. The number of pyridine rings is 1. The van der Waals surface area contributed by atoms with Gasteiger partial charge in [0.25, 0.3) is 5.56 Å². The molecule has 0 aliphatic carbocycles. The average Bonchev–Trinajstić information content (AvgIpc) is 2.85. The minimum atomic E-state index is -0.182. The molecule has 5 nitrogen and oxygen atoms in total. The van der Waals surface area contributed by atoms with Gasteiger partial charge in [0.2, 0.25) is 0 Å². The first-order valence-corrected chi connectivity index (χ1v) is 11.8. The molecule has 5 heteroatoms. The summed E-state index contributed by atoms with van der Waals surface area (Å²) in [6, 6.07) is 25.9. The molecule has 0 aliphatic rings. The zero-order valence-electron chi connectivity index (χ0n) is 19.8. The first-order chi connectivity index (χ1) is 16.5. The Morgan fingerprint density at radius 3 is 2.47 bits per heavy atom. The van der Waals surface area contributed by atoms with Crippen molar-refractivity contribution in [2.45, 2.75) is 39.8 Å². The van der Waals surface area contributed by atoms with E-state index < -0.39 is 0 Å². The zero-order valence-corrected chi connectivity index (χ0v) is 19.8. The number of fused-ring (bicyclic) bond motifs is 1. The SMILES string of the molecule is CCc1ccc2[nH]c(=O)c(CN(CCc3cccc(C)c3)C(=O)NCc3ccccc3)cc2c1. The van der Waals surface area contributed by atoms with Crippen molar-refractivity contribution in [1.29, 1.82) is 0 Å². The highest BCUT2D eigenvalue weighted by Gasteiger charge is 2.16. The molecule has 0 atom stereocenters. The fraction of sp³-hybridized carbons (Fsp3) is 0.241. The number of nitrogens with one attached hydrogen (secondary N) is 2. The third-order valence-corrected chi connectivity index (χ3v) is 6.08. The van der Waals surface area contributed by atoms with Gasteiger partial charge in [-0.3, -0.25) is 4.79 Å². The lowest BCUT2D eigenvalue weighted by Gasteiger charge is -2.23. The van der Waals surface area contributed by atoms with Crippen molar-refractivity contribution in [2.75, 3.05) is 6.54 Å². The van der Waals surface area contributed by atoms with Crippen LogP contribution in [0.5, 0.6) is 0 Å². The molecule has 3 aromatic carbocycles. The summed E-state index contributed by atoms with van der Waals surface area (Å²) in [5, 5.41) is 4.00. The van der Waals surface area contributed by atoms with Crippen molar-refractivity contribution in [1.82, 2.24) is 15.2 Å². The van der Waals surface area contributed by atoms with Gasteiger partial charge in [0.15, 0.2) is 0 Å². The summed E-state index contributed by atoms with van der Waals surface area (Å²) in [6.45, 7) is 5.37. The topological polar surface area (TPSA) is 65.2 Å². The zero-order chi connectivity index (χ0) is 23.9. The predicted octanol–water partition coefficient (Wildman–Crippen LogP) is 5.35. The van der Waals surface area contributed by atoms with Crippen LogP contribution in [0.2, 0.25) is 0 Å². The molecule has 1 aromatic heterocycles. The number of aromatic nitrogens is 1. The van der Waals surface area contributed by atoms with Gasteiger partial charge in [0.05, 0.1) is 6.54 Å². The molecule has 34 heavy (non-hydrogen) atoms. The van der Waals surface area contributed by atoms with E-state index in [1.807, 2.05) is 54.6 Å². The standard InChI is InChI=1S/C29H31N3O2/c1-3-22-12-13-27-25(17-22)18-26(28(33)31-27)20-32(15-14-23-11-7-8-21(2)16-23)29(34)30-19-24-9-5-4-6-10-24/h4-13,16-18H,3,14-15,19-20H2,1-2H3,(H,30,34)(H,31,33). The van der Waals surface area contributed by atoms with Gasteiger partial charge in [-0.05, 0) is 60.0 Å². The van der Waals surface area contributed by atoms with Crippen molar-refractivity contribution in [3.05, 3.63) is 117 Å². The maximum atomic E-state index is 13.2. The molecule has 2 amide bonds. The highest BCUT2D eigenvalue weighted by atomic mass is 16.2. The molecule has 0 aliphatic heterocycles. The number of H-pyrrole nitrogens is 1. The number of rotatable bonds is 8. The van der Waals surface area contributed by atoms with E-state index in [4.69, 9.17) is 0 Å². The molecular weight excluding hydrogens is 422 g/mol. The Morgan fingerprint density at radius 1 is 0.912 bits per heavy atom. The van der Waals surface area contributed by atoms with E-state index in [2.05, 4.69) is 48.4 Å². The maximum Gasteiger partial charge on any atom is 0.317 e. The molecule has 1 heterocycles. The molecule has 0 fully saturated rings. The van der Waals surface area contributed by atoms with Crippen LogP contribution >= 0.6 is 0 Å².